The van der Waals surface area contributed by atoms with Crippen LogP contribution in [-0.4, -0.2) is 40.0 Å². The van der Waals surface area contributed by atoms with E-state index in [0.29, 0.717) is 31.5 Å². The van der Waals surface area contributed by atoms with E-state index < -0.39 is 0 Å². The maximum atomic E-state index is 10.3. The zero-order valence-corrected chi connectivity index (χ0v) is 21.5. The maximum absolute atomic E-state index is 10.3. The van der Waals surface area contributed by atoms with Crippen molar-refractivity contribution in [1.29, 1.82) is 0 Å². The molecule has 0 aliphatic rings. The molecule has 0 aliphatic carbocycles. The summed E-state index contributed by atoms with van der Waals surface area (Å²) < 4.78 is 15.1. The molecule has 0 heterocycles. The minimum atomic E-state index is -0.310. The fourth-order valence-electron chi connectivity index (χ4n) is 0.465. The van der Waals surface area contributed by atoms with Gasteiger partial charge in [-0.2, -0.15) is 0 Å². The van der Waals surface area contributed by atoms with Gasteiger partial charge >= 0.3 is 87.6 Å². The Morgan fingerprint density at radius 3 is 2.00 bits per heavy atom. The third-order valence-electron chi connectivity index (χ3n) is 0.916. The van der Waals surface area contributed by atoms with Gasteiger partial charge in [0, 0.05) is 7.11 Å². The number of carbonyl (C=O) groups is 1. The molecule has 0 bridgehead atoms. The summed E-state index contributed by atoms with van der Waals surface area (Å²) in [6.07, 6.45) is 0. The Balaban J connectivity index is -0.000000177. The fraction of sp³-hybridized carbons (Fsp3) is 0.875. The third-order valence-corrected chi connectivity index (χ3v) is 2.04. The van der Waals surface area contributed by atoms with Crippen LogP contribution < -0.4 is 0 Å². The number of halogens is 1. The van der Waals surface area contributed by atoms with E-state index in [0.717, 1.165) is 32.7 Å². The molecule has 0 aliphatic heterocycles. The van der Waals surface area contributed by atoms with Gasteiger partial charge in [-0.1, -0.05) is 0 Å². The van der Waals surface area contributed by atoms with E-state index in [2.05, 4.69) is 9.47 Å². The van der Waals surface area contributed by atoms with E-state index in [1.165, 1.54) is 11.0 Å². The molecule has 84 valence electrons. The number of hydrogen-bond donors (Lipinski definition) is 0. The Hall–Kier alpha value is 1.55. The molecule has 0 spiro atoms. The Morgan fingerprint density at radius 2 is 1.80 bits per heavy atom. The molecule has 0 unspecified atom stereocenters. The van der Waals surface area contributed by atoms with E-state index >= 15 is 0 Å². The van der Waals surface area contributed by atoms with Gasteiger partial charge in [-0.05, 0) is 6.92 Å². The van der Waals surface area contributed by atoms with E-state index in [9.17, 15) is 4.79 Å². The molecule has 0 rings (SSSR count). The van der Waals surface area contributed by atoms with Crippen molar-refractivity contribution in [3.05, 3.63) is 0 Å². The van der Waals surface area contributed by atoms with E-state index in [4.69, 9.17) is 13.0 Å². The predicted molar refractivity (Wildman–Crippen MR) is 51.0 cm³/mol. The quantitative estimate of drug-likeness (QED) is 0.348. The number of rotatable bonds is 5. The predicted octanol–water partition coefficient (Wildman–Crippen LogP) is 1.48. The first kappa shape index (κ1) is 21.8. The fourth-order valence-corrected chi connectivity index (χ4v) is 1.59. The van der Waals surface area contributed by atoms with Crippen LogP contribution >= 0.6 is 8.25 Å². The molecule has 15 heavy (non-hydrogen) atoms. The second-order valence-electron chi connectivity index (χ2n) is 2.08. The number of methoxy groups -OCH3 is 2. The van der Waals surface area contributed by atoms with Gasteiger partial charge in [-0.25, -0.2) is 4.79 Å². The molecule has 4 nitrogen and oxygen atoms in total. The first-order chi connectivity index (χ1) is 7.22. The zero-order chi connectivity index (χ0) is 12.5. The van der Waals surface area contributed by atoms with Gasteiger partial charge in [0.15, 0.2) is 0 Å². The number of carbonyl (C=O) groups excluding carboxylic acids is 1. The van der Waals surface area contributed by atoms with Gasteiger partial charge in [0.1, 0.15) is 6.61 Å². The summed E-state index contributed by atoms with van der Waals surface area (Å²) >= 11 is 1.45. The zero-order valence-electron chi connectivity index (χ0n) is 9.75. The van der Waals surface area contributed by atoms with Crippen LogP contribution in [0.4, 0.5) is 0 Å². The first-order valence-electron chi connectivity index (χ1n) is 4.42. The van der Waals surface area contributed by atoms with Crippen molar-refractivity contribution in [2.45, 2.75) is 10.9 Å². The van der Waals surface area contributed by atoms with Gasteiger partial charge in [0.2, 0.25) is 0 Å². The molecular formula is C8H17ClHg2O4. The van der Waals surface area contributed by atoms with Crippen LogP contribution in [0.2, 0.25) is 3.93 Å². The normalized spacial score (nSPS) is 8.00. The minimum absolute atomic E-state index is 0.0494. The summed E-state index contributed by atoms with van der Waals surface area (Å²) in [5.41, 5.74) is 0. The van der Waals surface area contributed by atoms with Crippen LogP contribution in [0.5, 0.6) is 0 Å². The standard InChI is InChI=1S/C5H10O3.C3H7O.ClH.2Hg/c1-3-8-5(6)4-7-2;1-3-4-2;;;/h3-4H2,1-2H3;1,3H2,2H3;1H;;/q;;;;+1/p-1. The van der Waals surface area contributed by atoms with E-state index in [-0.39, 0.29) is 12.6 Å². The summed E-state index contributed by atoms with van der Waals surface area (Å²) in [5.74, 6) is -0.310. The molecule has 0 radical (unpaired) electrons. The van der Waals surface area contributed by atoms with Crippen molar-refractivity contribution < 1.29 is 70.0 Å². The number of esters is 1. The average Bonchev–Trinajstić information content (AvgIpc) is 2.24. The second-order valence-corrected chi connectivity index (χ2v) is 4.83. The van der Waals surface area contributed by atoms with Crippen LogP contribution in [0.15, 0.2) is 0 Å². The molecule has 0 aromatic rings. The molecule has 0 atom stereocenters. The Morgan fingerprint density at radius 1 is 1.27 bits per heavy atom. The summed E-state index contributed by atoms with van der Waals surface area (Å²) in [6.45, 7) is 3.20. The summed E-state index contributed by atoms with van der Waals surface area (Å²) in [6, 6.07) is 0. The van der Waals surface area contributed by atoms with Gasteiger partial charge in [-0.15, -0.1) is 0 Å². The van der Waals surface area contributed by atoms with Crippen molar-refractivity contribution in [1.82, 2.24) is 0 Å². The van der Waals surface area contributed by atoms with Crippen LogP contribution in [0.25, 0.3) is 0 Å². The van der Waals surface area contributed by atoms with Gasteiger partial charge in [-0.3, -0.25) is 0 Å². The van der Waals surface area contributed by atoms with Crippen LogP contribution in [0.1, 0.15) is 6.92 Å². The molecule has 0 amide bonds. The monoisotopic (exact) mass is 616 g/mol. The first-order valence-corrected chi connectivity index (χ1v) is 15.1. The van der Waals surface area contributed by atoms with Crippen LogP contribution in [-0.2, 0) is 70.0 Å². The average molecular weight is 614 g/mol. The molecule has 0 aromatic carbocycles. The van der Waals surface area contributed by atoms with Crippen molar-refractivity contribution in [3.63, 3.8) is 0 Å². The van der Waals surface area contributed by atoms with E-state index in [1.807, 2.05) is 0 Å². The van der Waals surface area contributed by atoms with Gasteiger partial charge in [0.05, 0.1) is 6.61 Å². The van der Waals surface area contributed by atoms with Crippen LogP contribution in [0, 0.1) is 0 Å². The van der Waals surface area contributed by atoms with Crippen molar-refractivity contribution in [3.8, 4) is 0 Å². The Labute approximate surface area is 128 Å². The van der Waals surface area contributed by atoms with E-state index in [1.54, 1.807) is 14.0 Å². The topological polar surface area (TPSA) is 44.8 Å². The van der Waals surface area contributed by atoms with Crippen LogP contribution in [0.3, 0.4) is 0 Å². The molecule has 0 N–H and O–H groups in total. The number of ether oxygens (including phenoxy) is 3. The number of hydrogen-bond acceptors (Lipinski definition) is 4. The molecule has 0 fully saturated rings. The Kier molecular flexibility index (Phi) is 35.9. The van der Waals surface area contributed by atoms with Crippen molar-refractivity contribution in [2.75, 3.05) is 34.0 Å². The summed E-state index contributed by atoms with van der Waals surface area (Å²) in [5, 5.41) is 0. The summed E-state index contributed by atoms with van der Waals surface area (Å²) in [4.78, 5) is 10.3. The molecular weight excluding hydrogens is 597 g/mol. The summed E-state index contributed by atoms with van der Waals surface area (Å²) in [7, 11) is 8.03. The second kappa shape index (κ2) is 24.7. The molecule has 0 aromatic heterocycles. The van der Waals surface area contributed by atoms with Crippen molar-refractivity contribution >= 4 is 14.2 Å². The molecule has 0 saturated carbocycles. The van der Waals surface area contributed by atoms with Gasteiger partial charge in [0.25, 0.3) is 0 Å². The third kappa shape index (κ3) is 31.3. The molecule has 7 heteroatoms. The SMILES string of the molecule is CCOC(=O)COC.COC[CH2][Hg].[Cl][Hg]. The molecule has 0 saturated heterocycles. The van der Waals surface area contributed by atoms with Crippen molar-refractivity contribution in [2.24, 2.45) is 0 Å². The Bertz CT molecular complexity index is 107. The van der Waals surface area contributed by atoms with Gasteiger partial charge < -0.3 is 9.47 Å².